The van der Waals surface area contributed by atoms with Crippen LogP contribution in [0.2, 0.25) is 0 Å². The molecule has 196 valence electrons. The first-order valence-electron chi connectivity index (χ1n) is 12.9. The third-order valence-corrected chi connectivity index (χ3v) is 8.89. The summed E-state index contributed by atoms with van der Waals surface area (Å²) in [6, 6.07) is 0. The summed E-state index contributed by atoms with van der Waals surface area (Å²) in [5.74, 6) is -1.24. The van der Waals surface area contributed by atoms with Crippen molar-refractivity contribution in [2.75, 3.05) is 0 Å². The smallest absolute Gasteiger partial charge is 0.308 e. The first kappa shape index (κ1) is 27.4. The van der Waals surface area contributed by atoms with Gasteiger partial charge in [0.25, 0.3) is 0 Å². The Balaban J connectivity index is 2.09. The Hall–Kier alpha value is -2.15. The van der Waals surface area contributed by atoms with Crippen LogP contribution in [-0.4, -0.2) is 36.6 Å². The Kier molecular flexibility index (Phi) is 8.19. The van der Waals surface area contributed by atoms with Gasteiger partial charge in [-0.1, -0.05) is 52.5 Å². The highest BCUT2D eigenvalue weighted by molar-refractivity contribution is 5.71. The number of ether oxygens (including phenoxy) is 4. The molecule has 1 spiro atoms. The Morgan fingerprint density at radius 1 is 1.11 bits per heavy atom. The van der Waals surface area contributed by atoms with Crippen LogP contribution in [0.4, 0.5) is 0 Å². The summed E-state index contributed by atoms with van der Waals surface area (Å²) in [7, 11) is 0. The minimum absolute atomic E-state index is 0.0185. The van der Waals surface area contributed by atoms with E-state index >= 15 is 0 Å². The van der Waals surface area contributed by atoms with Gasteiger partial charge in [-0.05, 0) is 55.8 Å². The minimum Gasteiger partial charge on any atom is -0.462 e. The van der Waals surface area contributed by atoms with Gasteiger partial charge in [0, 0.05) is 25.2 Å². The zero-order chi connectivity index (χ0) is 26.1. The molecule has 0 aromatic carbocycles. The average Bonchev–Trinajstić information content (AvgIpc) is 3.05. The van der Waals surface area contributed by atoms with Crippen LogP contribution in [0.5, 0.6) is 0 Å². The minimum atomic E-state index is -0.860. The quantitative estimate of drug-likeness (QED) is 0.258. The van der Waals surface area contributed by atoms with Gasteiger partial charge >= 0.3 is 17.9 Å². The van der Waals surface area contributed by atoms with Crippen LogP contribution < -0.4 is 0 Å². The van der Waals surface area contributed by atoms with E-state index < -0.39 is 29.9 Å². The molecule has 0 aromatic rings. The van der Waals surface area contributed by atoms with E-state index in [1.165, 1.54) is 13.8 Å². The molecule has 7 heteroatoms. The fraction of sp³-hybridized carbons (Fsp3) is 0.750. The predicted molar refractivity (Wildman–Crippen MR) is 131 cm³/mol. The van der Waals surface area contributed by atoms with Gasteiger partial charge in [-0.2, -0.15) is 0 Å². The summed E-state index contributed by atoms with van der Waals surface area (Å²) in [5.41, 5.74) is 0.270. The summed E-state index contributed by atoms with van der Waals surface area (Å²) in [5, 5.41) is 0. The Bertz CT molecular complexity index is 863. The Morgan fingerprint density at radius 2 is 1.77 bits per heavy atom. The van der Waals surface area contributed by atoms with Gasteiger partial charge in [0.2, 0.25) is 12.6 Å². The zero-order valence-electron chi connectivity index (χ0n) is 22.1. The van der Waals surface area contributed by atoms with E-state index in [1.54, 1.807) is 6.08 Å². The van der Waals surface area contributed by atoms with Crippen molar-refractivity contribution in [3.63, 3.8) is 0 Å². The third-order valence-electron chi connectivity index (χ3n) is 8.89. The Morgan fingerprint density at radius 3 is 2.34 bits per heavy atom. The molecule has 0 amide bonds. The summed E-state index contributed by atoms with van der Waals surface area (Å²) < 4.78 is 23.6. The largest absolute Gasteiger partial charge is 0.462 e. The molecule has 2 aliphatic carbocycles. The van der Waals surface area contributed by atoms with Crippen LogP contribution in [0.15, 0.2) is 24.8 Å². The topological polar surface area (TPSA) is 88.1 Å². The van der Waals surface area contributed by atoms with E-state index in [0.29, 0.717) is 18.8 Å². The summed E-state index contributed by atoms with van der Waals surface area (Å²) in [6.45, 7) is 18.9. The molecule has 1 saturated heterocycles. The molecular weight excluding hydrogens is 448 g/mol. The number of carbonyl (C=O) groups excluding carboxylic acids is 3. The van der Waals surface area contributed by atoms with Gasteiger partial charge < -0.3 is 18.9 Å². The SMILES string of the molecule is C=CC(=C)CCC1(C)C(C)CCC23C(OC(C)=O)OC(OC(C)=O)C2CC(OC(=O)C(C)C)CC13. The lowest BCUT2D eigenvalue weighted by atomic mass is 9.43. The number of esters is 3. The lowest BCUT2D eigenvalue weighted by Crippen LogP contribution is -2.60. The van der Waals surface area contributed by atoms with Gasteiger partial charge in [0.15, 0.2) is 0 Å². The van der Waals surface area contributed by atoms with Crippen molar-refractivity contribution in [3.05, 3.63) is 24.8 Å². The number of allylic oxidation sites excluding steroid dienone is 2. The fourth-order valence-electron chi connectivity index (χ4n) is 6.80. The maximum atomic E-state index is 12.6. The highest BCUT2D eigenvalue weighted by atomic mass is 16.8. The summed E-state index contributed by atoms with van der Waals surface area (Å²) >= 11 is 0. The van der Waals surface area contributed by atoms with Crippen molar-refractivity contribution in [2.45, 2.75) is 98.8 Å². The molecule has 7 nitrogen and oxygen atoms in total. The predicted octanol–water partition coefficient (Wildman–Crippen LogP) is 5.33. The molecular formula is C28H42O7. The van der Waals surface area contributed by atoms with Gasteiger partial charge in [0.05, 0.1) is 5.92 Å². The van der Waals surface area contributed by atoms with E-state index in [9.17, 15) is 14.4 Å². The van der Waals surface area contributed by atoms with Crippen LogP contribution in [-0.2, 0) is 33.3 Å². The monoisotopic (exact) mass is 490 g/mol. The molecule has 0 radical (unpaired) electrons. The van der Waals surface area contributed by atoms with Gasteiger partial charge in [-0.3, -0.25) is 14.4 Å². The number of carbonyl (C=O) groups is 3. The molecule has 8 unspecified atom stereocenters. The molecule has 8 atom stereocenters. The average molecular weight is 491 g/mol. The highest BCUT2D eigenvalue weighted by Crippen LogP contribution is 2.68. The van der Waals surface area contributed by atoms with Gasteiger partial charge in [0.1, 0.15) is 6.10 Å². The van der Waals surface area contributed by atoms with Crippen LogP contribution >= 0.6 is 0 Å². The molecule has 0 bridgehead atoms. The molecule has 1 heterocycles. The maximum absolute atomic E-state index is 12.6. The van der Waals surface area contributed by atoms with Crippen molar-refractivity contribution in [2.24, 2.45) is 34.5 Å². The first-order chi connectivity index (χ1) is 16.3. The number of rotatable bonds is 8. The number of hydrogen-bond acceptors (Lipinski definition) is 7. The van der Waals surface area contributed by atoms with Crippen molar-refractivity contribution < 1.29 is 33.3 Å². The standard InChI is InChI=1S/C28H42O7/c1-9-17(4)10-12-27(8)18(5)11-13-28-22(14-21(15-23(27)28)34-24(31)16(2)3)25(32-19(6)29)35-26(28)33-20(7)30/h9,16,18,21-23,25-26H,1,4,10-15H2,2-3,5-8H3. The normalized spacial score (nSPS) is 38.1. The van der Waals surface area contributed by atoms with Crippen LogP contribution in [0.1, 0.15) is 80.1 Å². The second-order valence-electron chi connectivity index (χ2n) is 11.3. The molecule has 3 rings (SSSR count). The lowest BCUT2D eigenvalue weighted by molar-refractivity contribution is -0.238. The summed E-state index contributed by atoms with van der Waals surface area (Å²) in [4.78, 5) is 36.7. The van der Waals surface area contributed by atoms with Crippen molar-refractivity contribution in [3.8, 4) is 0 Å². The van der Waals surface area contributed by atoms with Crippen LogP contribution in [0.25, 0.3) is 0 Å². The second-order valence-corrected chi connectivity index (χ2v) is 11.3. The number of hydrogen-bond donors (Lipinski definition) is 0. The molecule has 3 aliphatic rings. The second kappa shape index (κ2) is 10.5. The molecule has 0 aromatic heterocycles. The molecule has 3 fully saturated rings. The van der Waals surface area contributed by atoms with E-state index in [1.807, 2.05) is 13.8 Å². The van der Waals surface area contributed by atoms with Crippen LogP contribution in [0, 0.1) is 34.5 Å². The van der Waals surface area contributed by atoms with Crippen molar-refractivity contribution in [1.82, 2.24) is 0 Å². The van der Waals surface area contributed by atoms with Crippen molar-refractivity contribution in [1.29, 1.82) is 0 Å². The van der Waals surface area contributed by atoms with Crippen LogP contribution in [0.3, 0.4) is 0 Å². The van der Waals surface area contributed by atoms with E-state index in [0.717, 1.165) is 31.3 Å². The lowest BCUT2D eigenvalue weighted by Gasteiger charge is -2.61. The van der Waals surface area contributed by atoms with E-state index in [-0.39, 0.29) is 35.2 Å². The van der Waals surface area contributed by atoms with Gasteiger partial charge in [-0.15, -0.1) is 0 Å². The molecule has 0 N–H and O–H groups in total. The zero-order valence-corrected chi connectivity index (χ0v) is 22.1. The van der Waals surface area contributed by atoms with Crippen molar-refractivity contribution >= 4 is 17.9 Å². The highest BCUT2D eigenvalue weighted by Gasteiger charge is 2.70. The fourth-order valence-corrected chi connectivity index (χ4v) is 6.80. The van der Waals surface area contributed by atoms with E-state index in [2.05, 4.69) is 27.0 Å². The van der Waals surface area contributed by atoms with E-state index in [4.69, 9.17) is 18.9 Å². The third kappa shape index (κ3) is 5.20. The summed E-state index contributed by atoms with van der Waals surface area (Å²) in [6.07, 6.45) is 4.28. The maximum Gasteiger partial charge on any atom is 0.308 e. The molecule has 1 aliphatic heterocycles. The Labute approximate surface area is 209 Å². The first-order valence-corrected chi connectivity index (χ1v) is 12.9. The molecule has 35 heavy (non-hydrogen) atoms. The molecule has 2 saturated carbocycles. The van der Waals surface area contributed by atoms with Gasteiger partial charge in [-0.25, -0.2) is 0 Å².